The molecular formula is C20H30IN5OS. The average Bonchev–Trinajstić information content (AvgIpc) is 3.26. The van der Waals surface area contributed by atoms with Crippen LogP contribution in [0.25, 0.3) is 0 Å². The third-order valence-corrected chi connectivity index (χ3v) is 5.64. The minimum Gasteiger partial charge on any atom is -0.378 e. The number of anilines is 1. The third kappa shape index (κ3) is 6.59. The number of nitrogens with one attached hydrogen (secondary N) is 2. The van der Waals surface area contributed by atoms with E-state index in [1.165, 1.54) is 4.88 Å². The van der Waals surface area contributed by atoms with E-state index < -0.39 is 0 Å². The van der Waals surface area contributed by atoms with Crippen molar-refractivity contribution >= 4 is 47.1 Å². The predicted molar refractivity (Wildman–Crippen MR) is 128 cm³/mol. The van der Waals surface area contributed by atoms with Crippen molar-refractivity contribution in [1.29, 1.82) is 0 Å². The molecule has 0 spiro atoms. The first kappa shape index (κ1) is 22.9. The van der Waals surface area contributed by atoms with Gasteiger partial charge in [-0.1, -0.05) is 19.1 Å². The topological polar surface area (TPSA) is 61.8 Å². The van der Waals surface area contributed by atoms with Crippen LogP contribution in [0.15, 0.2) is 40.8 Å². The molecule has 0 saturated carbocycles. The fraction of sp³-hybridized carbons (Fsp3) is 0.500. The Labute approximate surface area is 188 Å². The van der Waals surface area contributed by atoms with Crippen LogP contribution in [0.3, 0.4) is 0 Å². The molecule has 154 valence electrons. The summed E-state index contributed by atoms with van der Waals surface area (Å²) in [5.74, 6) is 2.32. The second-order valence-electron chi connectivity index (χ2n) is 6.58. The van der Waals surface area contributed by atoms with Crippen molar-refractivity contribution in [2.75, 3.05) is 44.3 Å². The van der Waals surface area contributed by atoms with Crippen LogP contribution < -0.4 is 15.5 Å². The first-order chi connectivity index (χ1) is 13.3. The summed E-state index contributed by atoms with van der Waals surface area (Å²) in [5.41, 5.74) is 1.14. The van der Waals surface area contributed by atoms with Crippen LogP contribution >= 0.6 is 35.3 Å². The number of aromatic nitrogens is 1. The summed E-state index contributed by atoms with van der Waals surface area (Å²) in [5, 5.41) is 8.94. The molecule has 2 aromatic rings. The van der Waals surface area contributed by atoms with E-state index in [9.17, 15) is 0 Å². The molecule has 0 radical (unpaired) electrons. The lowest BCUT2D eigenvalue weighted by molar-refractivity contribution is 0.122. The zero-order valence-corrected chi connectivity index (χ0v) is 19.7. The van der Waals surface area contributed by atoms with Crippen molar-refractivity contribution in [3.8, 4) is 0 Å². The zero-order valence-electron chi connectivity index (χ0n) is 16.6. The normalized spacial score (nSPS) is 15.6. The molecule has 1 atom stereocenters. The van der Waals surface area contributed by atoms with Gasteiger partial charge in [-0.25, -0.2) is 9.98 Å². The molecule has 8 heteroatoms. The molecule has 28 heavy (non-hydrogen) atoms. The number of morpholine rings is 1. The maximum Gasteiger partial charge on any atom is 0.191 e. The lowest BCUT2D eigenvalue weighted by Crippen LogP contribution is -2.39. The van der Waals surface area contributed by atoms with Gasteiger partial charge in [0, 0.05) is 48.7 Å². The number of pyridine rings is 1. The van der Waals surface area contributed by atoms with Gasteiger partial charge in [-0.2, -0.15) is 0 Å². The Hall–Kier alpha value is -1.39. The highest BCUT2D eigenvalue weighted by Gasteiger charge is 2.15. The van der Waals surface area contributed by atoms with Crippen LogP contribution in [0, 0.1) is 0 Å². The van der Waals surface area contributed by atoms with Gasteiger partial charge in [0.15, 0.2) is 5.96 Å². The van der Waals surface area contributed by atoms with E-state index in [1.807, 2.05) is 12.3 Å². The highest BCUT2D eigenvalue weighted by atomic mass is 127. The Balaban J connectivity index is 0.00000280. The number of aliphatic imine (C=N–C) groups is 1. The van der Waals surface area contributed by atoms with Gasteiger partial charge in [-0.15, -0.1) is 35.3 Å². The van der Waals surface area contributed by atoms with Gasteiger partial charge in [0.1, 0.15) is 5.82 Å². The number of halogens is 1. The summed E-state index contributed by atoms with van der Waals surface area (Å²) in [6.07, 6.45) is 1.85. The van der Waals surface area contributed by atoms with Crippen LogP contribution in [-0.4, -0.2) is 50.3 Å². The van der Waals surface area contributed by atoms with Gasteiger partial charge >= 0.3 is 0 Å². The van der Waals surface area contributed by atoms with Crippen molar-refractivity contribution < 1.29 is 4.74 Å². The quantitative estimate of drug-likeness (QED) is 0.336. The molecule has 0 aliphatic carbocycles. The summed E-state index contributed by atoms with van der Waals surface area (Å²) in [4.78, 5) is 13.1. The van der Waals surface area contributed by atoms with E-state index in [-0.39, 0.29) is 24.0 Å². The first-order valence-electron chi connectivity index (χ1n) is 9.60. The SMILES string of the molecule is CCNC(=NCc1cccnc1N1CCOCC1)NCC(C)c1cccs1.I. The molecule has 0 amide bonds. The standard InChI is InChI=1S/C20H29N5OS.HI/c1-3-21-20(23-14-16(2)18-7-5-13-27-18)24-15-17-6-4-8-22-19(17)25-9-11-26-12-10-25;/h4-8,13,16H,3,9-12,14-15H2,1-2H3,(H2,21,23,24);1H. The van der Waals surface area contributed by atoms with Gasteiger partial charge < -0.3 is 20.3 Å². The fourth-order valence-corrected chi connectivity index (χ4v) is 3.83. The number of rotatable bonds is 7. The minimum absolute atomic E-state index is 0. The second-order valence-corrected chi connectivity index (χ2v) is 7.56. The molecule has 1 aliphatic rings. The number of ether oxygens (including phenoxy) is 1. The summed E-state index contributed by atoms with van der Waals surface area (Å²) in [7, 11) is 0. The van der Waals surface area contributed by atoms with Crippen molar-refractivity contribution in [1.82, 2.24) is 15.6 Å². The minimum atomic E-state index is 0. The lowest BCUT2D eigenvalue weighted by Gasteiger charge is -2.29. The molecule has 2 N–H and O–H groups in total. The predicted octanol–water partition coefficient (Wildman–Crippen LogP) is 3.46. The molecule has 2 aromatic heterocycles. The van der Waals surface area contributed by atoms with E-state index >= 15 is 0 Å². The van der Waals surface area contributed by atoms with E-state index in [0.717, 1.165) is 56.7 Å². The molecular weight excluding hydrogens is 485 g/mol. The molecule has 1 unspecified atom stereocenters. The number of hydrogen-bond acceptors (Lipinski definition) is 5. The molecule has 6 nitrogen and oxygen atoms in total. The Bertz CT molecular complexity index is 719. The summed E-state index contributed by atoms with van der Waals surface area (Å²) >= 11 is 1.80. The van der Waals surface area contributed by atoms with Crippen LogP contribution in [0.2, 0.25) is 0 Å². The number of hydrogen-bond donors (Lipinski definition) is 2. The first-order valence-corrected chi connectivity index (χ1v) is 10.5. The van der Waals surface area contributed by atoms with E-state index in [1.54, 1.807) is 11.3 Å². The maximum absolute atomic E-state index is 5.46. The Morgan fingerprint density at radius 1 is 1.29 bits per heavy atom. The van der Waals surface area contributed by atoms with Gasteiger partial charge in [-0.3, -0.25) is 0 Å². The second kappa shape index (κ2) is 12.2. The molecule has 0 aromatic carbocycles. The Kier molecular flexibility index (Phi) is 10.0. The molecule has 3 heterocycles. The maximum atomic E-state index is 5.46. The molecule has 0 bridgehead atoms. The van der Waals surface area contributed by atoms with Crippen LogP contribution in [-0.2, 0) is 11.3 Å². The van der Waals surface area contributed by atoms with Crippen LogP contribution in [0.1, 0.15) is 30.2 Å². The monoisotopic (exact) mass is 515 g/mol. The Morgan fingerprint density at radius 2 is 2.11 bits per heavy atom. The average molecular weight is 515 g/mol. The lowest BCUT2D eigenvalue weighted by atomic mass is 10.1. The molecule has 1 aliphatic heterocycles. The van der Waals surface area contributed by atoms with Crippen LogP contribution in [0.4, 0.5) is 5.82 Å². The van der Waals surface area contributed by atoms with Crippen molar-refractivity contribution in [3.05, 3.63) is 46.3 Å². The van der Waals surface area contributed by atoms with Gasteiger partial charge in [0.2, 0.25) is 0 Å². The molecule has 3 rings (SSSR count). The number of guanidine groups is 1. The van der Waals surface area contributed by atoms with E-state index in [4.69, 9.17) is 9.73 Å². The smallest absolute Gasteiger partial charge is 0.191 e. The molecule has 1 fully saturated rings. The zero-order chi connectivity index (χ0) is 18.9. The summed E-state index contributed by atoms with van der Waals surface area (Å²) in [6.45, 7) is 9.88. The summed E-state index contributed by atoms with van der Waals surface area (Å²) in [6, 6.07) is 8.38. The van der Waals surface area contributed by atoms with E-state index in [2.05, 4.69) is 57.9 Å². The number of thiophene rings is 1. The van der Waals surface area contributed by atoms with Gasteiger partial charge in [-0.05, 0) is 24.4 Å². The third-order valence-electron chi connectivity index (χ3n) is 4.53. The largest absolute Gasteiger partial charge is 0.378 e. The van der Waals surface area contributed by atoms with Gasteiger partial charge in [0.05, 0.1) is 19.8 Å². The van der Waals surface area contributed by atoms with E-state index in [0.29, 0.717) is 12.5 Å². The van der Waals surface area contributed by atoms with Crippen molar-refractivity contribution in [3.63, 3.8) is 0 Å². The van der Waals surface area contributed by atoms with Crippen molar-refractivity contribution in [2.45, 2.75) is 26.3 Å². The van der Waals surface area contributed by atoms with Crippen LogP contribution in [0.5, 0.6) is 0 Å². The summed E-state index contributed by atoms with van der Waals surface area (Å²) < 4.78 is 5.46. The number of nitrogens with zero attached hydrogens (tertiary/aromatic N) is 3. The fourth-order valence-electron chi connectivity index (χ4n) is 3.04. The van der Waals surface area contributed by atoms with Crippen molar-refractivity contribution in [2.24, 2.45) is 4.99 Å². The highest BCUT2D eigenvalue weighted by Crippen LogP contribution is 2.20. The highest BCUT2D eigenvalue weighted by molar-refractivity contribution is 14.0. The Morgan fingerprint density at radius 3 is 2.82 bits per heavy atom. The molecule has 1 saturated heterocycles. The van der Waals surface area contributed by atoms with Gasteiger partial charge in [0.25, 0.3) is 0 Å².